The minimum atomic E-state index is 0.348. The van der Waals surface area contributed by atoms with Crippen molar-refractivity contribution >= 4 is 11.6 Å². The first-order valence-electron chi connectivity index (χ1n) is 6.70. The van der Waals surface area contributed by atoms with E-state index in [0.29, 0.717) is 6.04 Å². The van der Waals surface area contributed by atoms with E-state index in [0.717, 1.165) is 18.0 Å². The first-order valence-corrected chi connectivity index (χ1v) is 7.08. The van der Waals surface area contributed by atoms with Crippen LogP contribution in [-0.4, -0.2) is 6.54 Å². The van der Waals surface area contributed by atoms with E-state index in [1.54, 1.807) is 0 Å². The number of rotatable bonds is 5. The van der Waals surface area contributed by atoms with E-state index in [1.165, 1.54) is 16.7 Å². The largest absolute Gasteiger partial charge is 0.310 e. The van der Waals surface area contributed by atoms with E-state index in [9.17, 15) is 0 Å². The molecule has 2 rings (SSSR count). The molecule has 0 heterocycles. The van der Waals surface area contributed by atoms with Crippen LogP contribution in [0.15, 0.2) is 48.5 Å². The summed E-state index contributed by atoms with van der Waals surface area (Å²) in [4.78, 5) is 0. The molecule has 1 atom stereocenters. The lowest BCUT2D eigenvalue weighted by Crippen LogP contribution is -2.21. The molecular weight excluding hydrogens is 254 g/mol. The SMILES string of the molecule is Cc1ccccc1CCNC(C)c1ccc(Cl)cc1. The molecule has 0 aromatic heterocycles. The molecule has 0 aliphatic rings. The number of halogens is 1. The number of nitrogens with one attached hydrogen (secondary N) is 1. The molecule has 0 aliphatic carbocycles. The van der Waals surface area contributed by atoms with Crippen LogP contribution in [0.4, 0.5) is 0 Å². The Balaban J connectivity index is 1.86. The fraction of sp³-hybridized carbons (Fsp3) is 0.294. The highest BCUT2D eigenvalue weighted by Crippen LogP contribution is 2.16. The van der Waals surface area contributed by atoms with Crippen molar-refractivity contribution in [3.05, 3.63) is 70.2 Å². The monoisotopic (exact) mass is 273 g/mol. The van der Waals surface area contributed by atoms with Crippen LogP contribution >= 0.6 is 11.6 Å². The first-order chi connectivity index (χ1) is 9.16. The second-order valence-electron chi connectivity index (χ2n) is 4.90. The van der Waals surface area contributed by atoms with Gasteiger partial charge in [-0.25, -0.2) is 0 Å². The van der Waals surface area contributed by atoms with Crippen molar-refractivity contribution in [1.82, 2.24) is 5.32 Å². The van der Waals surface area contributed by atoms with Gasteiger partial charge in [0.15, 0.2) is 0 Å². The van der Waals surface area contributed by atoms with Gasteiger partial charge in [-0.05, 0) is 55.6 Å². The smallest absolute Gasteiger partial charge is 0.0406 e. The maximum atomic E-state index is 5.90. The van der Waals surface area contributed by atoms with E-state index >= 15 is 0 Å². The minimum absolute atomic E-state index is 0.348. The highest BCUT2D eigenvalue weighted by atomic mass is 35.5. The fourth-order valence-corrected chi connectivity index (χ4v) is 2.31. The normalized spacial score (nSPS) is 12.4. The van der Waals surface area contributed by atoms with Crippen LogP contribution in [0.2, 0.25) is 5.02 Å². The second kappa shape index (κ2) is 6.74. The molecule has 0 bridgehead atoms. The minimum Gasteiger partial charge on any atom is -0.310 e. The Morgan fingerprint density at radius 2 is 1.74 bits per heavy atom. The van der Waals surface area contributed by atoms with Crippen molar-refractivity contribution in [2.45, 2.75) is 26.3 Å². The van der Waals surface area contributed by atoms with Gasteiger partial charge in [-0.15, -0.1) is 0 Å². The van der Waals surface area contributed by atoms with Gasteiger partial charge < -0.3 is 5.32 Å². The summed E-state index contributed by atoms with van der Waals surface area (Å²) >= 11 is 5.90. The molecule has 0 saturated carbocycles. The van der Waals surface area contributed by atoms with Crippen LogP contribution in [0.3, 0.4) is 0 Å². The standard InChI is InChI=1S/C17H20ClN/c1-13-5-3-4-6-15(13)11-12-19-14(2)16-7-9-17(18)10-8-16/h3-10,14,19H,11-12H2,1-2H3. The third-order valence-electron chi connectivity index (χ3n) is 3.48. The van der Waals surface area contributed by atoms with Crippen molar-refractivity contribution in [2.24, 2.45) is 0 Å². The summed E-state index contributed by atoms with van der Waals surface area (Å²) in [7, 11) is 0. The predicted octanol–water partition coefficient (Wildman–Crippen LogP) is 4.54. The number of aryl methyl sites for hydroxylation is 1. The molecule has 2 heteroatoms. The molecule has 0 saturated heterocycles. The molecule has 19 heavy (non-hydrogen) atoms. The maximum absolute atomic E-state index is 5.90. The Labute approximate surface area is 120 Å². The van der Waals surface area contributed by atoms with E-state index in [1.807, 2.05) is 12.1 Å². The second-order valence-corrected chi connectivity index (χ2v) is 5.34. The highest BCUT2D eigenvalue weighted by molar-refractivity contribution is 6.30. The highest BCUT2D eigenvalue weighted by Gasteiger charge is 2.04. The molecule has 0 fully saturated rings. The van der Waals surface area contributed by atoms with Gasteiger partial charge in [0.2, 0.25) is 0 Å². The Bertz CT molecular complexity index is 519. The molecule has 2 aromatic carbocycles. The summed E-state index contributed by atoms with van der Waals surface area (Å²) in [6.07, 6.45) is 1.06. The van der Waals surface area contributed by atoms with Gasteiger partial charge in [0.05, 0.1) is 0 Å². The summed E-state index contributed by atoms with van der Waals surface area (Å²) in [5, 5.41) is 4.34. The summed E-state index contributed by atoms with van der Waals surface area (Å²) < 4.78 is 0. The van der Waals surface area contributed by atoms with Crippen LogP contribution < -0.4 is 5.32 Å². The van der Waals surface area contributed by atoms with Crippen LogP contribution in [0.5, 0.6) is 0 Å². The van der Waals surface area contributed by atoms with E-state index in [2.05, 4.69) is 55.6 Å². The van der Waals surface area contributed by atoms with Crippen LogP contribution in [-0.2, 0) is 6.42 Å². The Morgan fingerprint density at radius 1 is 1.05 bits per heavy atom. The summed E-state index contributed by atoms with van der Waals surface area (Å²) in [6.45, 7) is 5.33. The zero-order valence-electron chi connectivity index (χ0n) is 11.5. The molecule has 0 amide bonds. The van der Waals surface area contributed by atoms with E-state index in [-0.39, 0.29) is 0 Å². The number of benzene rings is 2. The summed E-state index contributed by atoms with van der Waals surface area (Å²) in [6, 6.07) is 16.9. The molecule has 0 spiro atoms. The van der Waals surface area contributed by atoms with Crippen molar-refractivity contribution in [2.75, 3.05) is 6.54 Å². The van der Waals surface area contributed by atoms with Gasteiger partial charge >= 0.3 is 0 Å². The lowest BCUT2D eigenvalue weighted by Gasteiger charge is -2.15. The van der Waals surface area contributed by atoms with Crippen LogP contribution in [0.1, 0.15) is 29.7 Å². The van der Waals surface area contributed by atoms with Crippen LogP contribution in [0.25, 0.3) is 0 Å². The third-order valence-corrected chi connectivity index (χ3v) is 3.73. The molecule has 100 valence electrons. The average Bonchev–Trinajstić information content (AvgIpc) is 2.41. The molecule has 2 aromatic rings. The van der Waals surface area contributed by atoms with Gasteiger partial charge in [0, 0.05) is 11.1 Å². The number of hydrogen-bond donors (Lipinski definition) is 1. The summed E-state index contributed by atoms with van der Waals surface area (Å²) in [5.74, 6) is 0. The molecule has 0 radical (unpaired) electrons. The number of hydrogen-bond acceptors (Lipinski definition) is 1. The average molecular weight is 274 g/mol. The Kier molecular flexibility index (Phi) is 5.00. The van der Waals surface area contributed by atoms with Crippen LogP contribution in [0, 0.1) is 6.92 Å². The van der Waals surface area contributed by atoms with E-state index < -0.39 is 0 Å². The molecule has 0 aliphatic heterocycles. The van der Waals surface area contributed by atoms with Gasteiger partial charge in [0.1, 0.15) is 0 Å². The van der Waals surface area contributed by atoms with Crippen molar-refractivity contribution < 1.29 is 0 Å². The lowest BCUT2D eigenvalue weighted by molar-refractivity contribution is 0.576. The fourth-order valence-electron chi connectivity index (χ4n) is 2.18. The van der Waals surface area contributed by atoms with Crippen molar-refractivity contribution in [3.8, 4) is 0 Å². The molecular formula is C17H20ClN. The lowest BCUT2D eigenvalue weighted by atomic mass is 10.1. The molecule has 1 nitrogen and oxygen atoms in total. The van der Waals surface area contributed by atoms with Crippen molar-refractivity contribution in [3.63, 3.8) is 0 Å². The topological polar surface area (TPSA) is 12.0 Å². The Hall–Kier alpha value is -1.31. The maximum Gasteiger partial charge on any atom is 0.0406 e. The van der Waals surface area contributed by atoms with Gasteiger partial charge in [-0.2, -0.15) is 0 Å². The predicted molar refractivity (Wildman–Crippen MR) is 82.8 cm³/mol. The first kappa shape index (κ1) is 14.1. The Morgan fingerprint density at radius 3 is 2.42 bits per heavy atom. The zero-order chi connectivity index (χ0) is 13.7. The van der Waals surface area contributed by atoms with Gasteiger partial charge in [0.25, 0.3) is 0 Å². The quantitative estimate of drug-likeness (QED) is 0.843. The zero-order valence-corrected chi connectivity index (χ0v) is 12.2. The molecule has 1 N–H and O–H groups in total. The van der Waals surface area contributed by atoms with Crippen molar-refractivity contribution in [1.29, 1.82) is 0 Å². The third kappa shape index (κ3) is 4.09. The van der Waals surface area contributed by atoms with Gasteiger partial charge in [-0.3, -0.25) is 0 Å². The summed E-state index contributed by atoms with van der Waals surface area (Å²) in [5.41, 5.74) is 4.05. The van der Waals surface area contributed by atoms with E-state index in [4.69, 9.17) is 11.6 Å². The van der Waals surface area contributed by atoms with Gasteiger partial charge in [-0.1, -0.05) is 48.0 Å². The molecule has 1 unspecified atom stereocenters.